The number of nitrogens with zero attached hydrogens (tertiary/aromatic N) is 3. The van der Waals surface area contributed by atoms with Crippen LogP contribution in [0, 0.1) is 0 Å². The summed E-state index contributed by atoms with van der Waals surface area (Å²) in [5.41, 5.74) is 1.51. The first-order chi connectivity index (χ1) is 14.6. The molecule has 162 valence electrons. The molecule has 2 aliphatic heterocycles. The molecule has 2 aromatic rings. The second-order valence-corrected chi connectivity index (χ2v) is 8.26. The Bertz CT molecular complexity index is 895. The summed E-state index contributed by atoms with van der Waals surface area (Å²) >= 11 is 0. The summed E-state index contributed by atoms with van der Waals surface area (Å²) in [7, 11) is 0. The van der Waals surface area contributed by atoms with Crippen molar-refractivity contribution in [1.29, 1.82) is 0 Å². The highest BCUT2D eigenvalue weighted by Gasteiger charge is 2.31. The highest BCUT2D eigenvalue weighted by atomic mass is 16.5. The highest BCUT2D eigenvalue weighted by Crippen LogP contribution is 2.23. The number of nitrogens with one attached hydrogen (secondary N) is 1. The molecule has 0 bridgehead atoms. The number of rotatable bonds is 5. The number of ether oxygens (including phenoxy) is 1. The van der Waals surface area contributed by atoms with Gasteiger partial charge in [0.2, 0.25) is 5.91 Å². The first-order valence-electron chi connectivity index (χ1n) is 11.1. The van der Waals surface area contributed by atoms with E-state index in [9.17, 15) is 9.59 Å². The summed E-state index contributed by atoms with van der Waals surface area (Å²) in [6.45, 7) is 9.05. The third-order valence-corrected chi connectivity index (χ3v) is 6.31. The Balaban J connectivity index is 1.36. The zero-order valence-electron chi connectivity index (χ0n) is 18.0. The SMILES string of the molecule is CCOc1ccc2cc(C(=O)N3CCN(C(C)C(=O)N4CCCCC4)CC3)[nH]c2c1. The van der Waals surface area contributed by atoms with E-state index >= 15 is 0 Å². The topological polar surface area (TPSA) is 68.9 Å². The van der Waals surface area contributed by atoms with Crippen LogP contribution in [0.15, 0.2) is 24.3 Å². The number of aromatic amines is 1. The molecule has 0 aliphatic carbocycles. The minimum absolute atomic E-state index is 0.0128. The van der Waals surface area contributed by atoms with Crippen LogP contribution in [0.3, 0.4) is 0 Å². The van der Waals surface area contributed by atoms with E-state index in [1.165, 1.54) is 6.42 Å². The average Bonchev–Trinajstić information content (AvgIpc) is 3.22. The number of aromatic nitrogens is 1. The number of likely N-dealkylation sites (tertiary alicyclic amines) is 1. The molecule has 7 nitrogen and oxygen atoms in total. The van der Waals surface area contributed by atoms with Gasteiger partial charge in [0.05, 0.1) is 12.6 Å². The van der Waals surface area contributed by atoms with Gasteiger partial charge in [0, 0.05) is 56.2 Å². The molecular weight excluding hydrogens is 380 g/mol. The number of piperazine rings is 1. The van der Waals surface area contributed by atoms with Crippen LogP contribution in [0.25, 0.3) is 10.9 Å². The van der Waals surface area contributed by atoms with Crippen molar-refractivity contribution >= 4 is 22.7 Å². The fourth-order valence-corrected chi connectivity index (χ4v) is 4.50. The van der Waals surface area contributed by atoms with Crippen LogP contribution in [-0.2, 0) is 4.79 Å². The number of hydrogen-bond donors (Lipinski definition) is 1. The van der Waals surface area contributed by atoms with Crippen LogP contribution in [0.5, 0.6) is 5.75 Å². The van der Waals surface area contributed by atoms with E-state index in [0.717, 1.165) is 55.7 Å². The van der Waals surface area contributed by atoms with Gasteiger partial charge in [0.25, 0.3) is 5.91 Å². The molecule has 0 saturated carbocycles. The molecule has 7 heteroatoms. The molecule has 1 atom stereocenters. The van der Waals surface area contributed by atoms with Crippen LogP contribution in [0.4, 0.5) is 0 Å². The second kappa shape index (κ2) is 9.08. The van der Waals surface area contributed by atoms with E-state index in [2.05, 4.69) is 9.88 Å². The van der Waals surface area contributed by atoms with Gasteiger partial charge in [-0.25, -0.2) is 0 Å². The highest BCUT2D eigenvalue weighted by molar-refractivity contribution is 5.98. The van der Waals surface area contributed by atoms with Crippen LogP contribution >= 0.6 is 0 Å². The standard InChI is InChI=1S/C23H32N4O3/c1-3-30-19-8-7-18-15-21(24-20(18)16-19)23(29)27-13-11-25(12-14-27)17(2)22(28)26-9-5-4-6-10-26/h7-8,15-17,24H,3-6,9-14H2,1-2H3. The van der Waals surface area contributed by atoms with Crippen LogP contribution in [-0.4, -0.2) is 83.4 Å². The Morgan fingerprint density at radius 1 is 1.00 bits per heavy atom. The van der Waals surface area contributed by atoms with Gasteiger partial charge in [-0.2, -0.15) is 0 Å². The van der Waals surface area contributed by atoms with E-state index in [4.69, 9.17) is 4.74 Å². The number of hydrogen-bond acceptors (Lipinski definition) is 4. The molecule has 2 fully saturated rings. The van der Waals surface area contributed by atoms with Gasteiger partial charge in [-0.05, 0) is 51.3 Å². The Hall–Kier alpha value is -2.54. The van der Waals surface area contributed by atoms with E-state index in [-0.39, 0.29) is 17.9 Å². The lowest BCUT2D eigenvalue weighted by Crippen LogP contribution is -2.56. The molecule has 4 rings (SSSR count). The van der Waals surface area contributed by atoms with Gasteiger partial charge in [0.15, 0.2) is 0 Å². The molecule has 1 N–H and O–H groups in total. The van der Waals surface area contributed by atoms with E-state index in [0.29, 0.717) is 25.4 Å². The molecule has 0 spiro atoms. The molecule has 2 aliphatic rings. The van der Waals surface area contributed by atoms with Crippen molar-refractivity contribution < 1.29 is 14.3 Å². The largest absolute Gasteiger partial charge is 0.494 e. The second-order valence-electron chi connectivity index (χ2n) is 8.26. The quantitative estimate of drug-likeness (QED) is 0.820. The van der Waals surface area contributed by atoms with Gasteiger partial charge in [-0.3, -0.25) is 14.5 Å². The molecular formula is C23H32N4O3. The lowest BCUT2D eigenvalue weighted by atomic mass is 10.1. The predicted molar refractivity (Wildman–Crippen MR) is 117 cm³/mol. The normalized spacial score (nSPS) is 19.1. The van der Waals surface area contributed by atoms with Gasteiger partial charge < -0.3 is 19.5 Å². The van der Waals surface area contributed by atoms with Crippen molar-refractivity contribution in [2.24, 2.45) is 0 Å². The number of carbonyl (C=O) groups is 2. The smallest absolute Gasteiger partial charge is 0.270 e. The molecule has 0 radical (unpaired) electrons. The monoisotopic (exact) mass is 412 g/mol. The van der Waals surface area contributed by atoms with Gasteiger partial charge >= 0.3 is 0 Å². The summed E-state index contributed by atoms with van der Waals surface area (Å²) < 4.78 is 5.55. The van der Waals surface area contributed by atoms with E-state index in [1.54, 1.807) is 0 Å². The zero-order chi connectivity index (χ0) is 21.1. The molecule has 2 amide bonds. The maximum atomic E-state index is 13.0. The number of H-pyrrole nitrogens is 1. The lowest BCUT2D eigenvalue weighted by molar-refractivity contribution is -0.137. The molecule has 30 heavy (non-hydrogen) atoms. The maximum Gasteiger partial charge on any atom is 0.270 e. The Morgan fingerprint density at radius 3 is 2.43 bits per heavy atom. The third-order valence-electron chi connectivity index (χ3n) is 6.31. The molecule has 3 heterocycles. The lowest BCUT2D eigenvalue weighted by Gasteiger charge is -2.39. The van der Waals surface area contributed by atoms with Crippen LogP contribution in [0.1, 0.15) is 43.6 Å². The third kappa shape index (κ3) is 4.31. The Labute approximate surface area is 178 Å². The summed E-state index contributed by atoms with van der Waals surface area (Å²) in [4.78, 5) is 35.1. The van der Waals surface area contributed by atoms with E-state index < -0.39 is 0 Å². The van der Waals surface area contributed by atoms with Crippen molar-refractivity contribution in [3.63, 3.8) is 0 Å². The Morgan fingerprint density at radius 2 is 1.73 bits per heavy atom. The van der Waals surface area contributed by atoms with Crippen molar-refractivity contribution in [2.75, 3.05) is 45.9 Å². The number of carbonyl (C=O) groups excluding carboxylic acids is 2. The summed E-state index contributed by atoms with van der Waals surface area (Å²) in [5, 5.41) is 1.00. The van der Waals surface area contributed by atoms with Crippen molar-refractivity contribution in [2.45, 2.75) is 39.2 Å². The fourth-order valence-electron chi connectivity index (χ4n) is 4.50. The van der Waals surface area contributed by atoms with Crippen LogP contribution in [0.2, 0.25) is 0 Å². The molecule has 1 unspecified atom stereocenters. The van der Waals surface area contributed by atoms with Crippen molar-refractivity contribution in [1.82, 2.24) is 19.7 Å². The predicted octanol–water partition coefficient (Wildman–Crippen LogP) is 2.73. The fraction of sp³-hybridized carbons (Fsp3) is 0.565. The summed E-state index contributed by atoms with van der Waals surface area (Å²) in [5.74, 6) is 1.04. The maximum absolute atomic E-state index is 13.0. The summed E-state index contributed by atoms with van der Waals surface area (Å²) in [6, 6.07) is 7.61. The van der Waals surface area contributed by atoms with Crippen molar-refractivity contribution in [3.8, 4) is 5.75 Å². The minimum Gasteiger partial charge on any atom is -0.494 e. The zero-order valence-corrected chi connectivity index (χ0v) is 18.0. The van der Waals surface area contributed by atoms with Gasteiger partial charge in [0.1, 0.15) is 11.4 Å². The number of piperidine rings is 1. The molecule has 2 saturated heterocycles. The Kier molecular flexibility index (Phi) is 6.27. The number of fused-ring (bicyclic) bond motifs is 1. The van der Waals surface area contributed by atoms with Crippen LogP contribution < -0.4 is 4.74 Å². The number of benzene rings is 1. The summed E-state index contributed by atoms with van der Waals surface area (Å²) in [6.07, 6.45) is 3.44. The van der Waals surface area contributed by atoms with Gasteiger partial charge in [-0.15, -0.1) is 0 Å². The number of amides is 2. The van der Waals surface area contributed by atoms with E-state index in [1.807, 2.05) is 47.9 Å². The molecule has 1 aromatic heterocycles. The molecule has 1 aromatic carbocycles. The van der Waals surface area contributed by atoms with Gasteiger partial charge in [-0.1, -0.05) is 0 Å². The minimum atomic E-state index is -0.120. The first kappa shape index (κ1) is 20.7. The average molecular weight is 413 g/mol. The van der Waals surface area contributed by atoms with Crippen molar-refractivity contribution in [3.05, 3.63) is 30.0 Å². The first-order valence-corrected chi connectivity index (χ1v) is 11.1.